The van der Waals surface area contributed by atoms with Gasteiger partial charge in [-0.2, -0.15) is 0 Å². The van der Waals surface area contributed by atoms with Gasteiger partial charge in [0.15, 0.2) is 0 Å². The number of carbonyl (C=O) groups is 1. The van der Waals surface area contributed by atoms with Crippen molar-refractivity contribution in [3.05, 3.63) is 60.2 Å². The van der Waals surface area contributed by atoms with E-state index in [2.05, 4.69) is 5.32 Å². The van der Waals surface area contributed by atoms with Crippen molar-refractivity contribution in [2.75, 3.05) is 32.6 Å². The van der Waals surface area contributed by atoms with E-state index in [1.165, 1.54) is 0 Å². The highest BCUT2D eigenvalue weighted by atomic mass is 16.5. The Labute approximate surface area is 136 Å². The molecule has 5 nitrogen and oxygen atoms in total. The largest absolute Gasteiger partial charge is 0.497 e. The summed E-state index contributed by atoms with van der Waals surface area (Å²) in [6, 6.07) is 16.5. The normalized spacial score (nSPS) is 12.0. The Balaban J connectivity index is 1.98. The zero-order valence-corrected chi connectivity index (χ0v) is 13.4. The molecular weight excluding hydrogens is 292 g/mol. The smallest absolute Gasteiger partial charge is 0.238 e. The average molecular weight is 314 g/mol. The second-order valence-electron chi connectivity index (χ2n) is 5.30. The summed E-state index contributed by atoms with van der Waals surface area (Å²) in [5.41, 5.74) is 1.69. The van der Waals surface area contributed by atoms with Crippen molar-refractivity contribution in [3.8, 4) is 5.75 Å². The van der Waals surface area contributed by atoms with Crippen LogP contribution < -0.4 is 10.1 Å². The number of rotatable bonds is 7. The van der Waals surface area contributed by atoms with E-state index in [1.807, 2.05) is 66.5 Å². The molecule has 1 unspecified atom stereocenters. The van der Waals surface area contributed by atoms with Crippen molar-refractivity contribution in [2.24, 2.45) is 0 Å². The molecule has 2 rings (SSSR count). The monoisotopic (exact) mass is 314 g/mol. The molecule has 0 radical (unpaired) electrons. The summed E-state index contributed by atoms with van der Waals surface area (Å²) in [5.74, 6) is 0.639. The van der Waals surface area contributed by atoms with E-state index in [4.69, 9.17) is 4.74 Å². The molecule has 0 aliphatic rings. The van der Waals surface area contributed by atoms with Gasteiger partial charge in [-0.15, -0.1) is 0 Å². The molecule has 0 saturated carbocycles. The Morgan fingerprint density at radius 2 is 1.83 bits per heavy atom. The van der Waals surface area contributed by atoms with Crippen molar-refractivity contribution < 1.29 is 14.6 Å². The number of anilines is 1. The molecule has 122 valence electrons. The maximum Gasteiger partial charge on any atom is 0.238 e. The number of ether oxygens (including phenoxy) is 1. The lowest BCUT2D eigenvalue weighted by Crippen LogP contribution is -2.34. The van der Waals surface area contributed by atoms with Crippen LogP contribution in [0, 0.1) is 0 Å². The van der Waals surface area contributed by atoms with Crippen molar-refractivity contribution in [1.82, 2.24) is 4.90 Å². The van der Waals surface area contributed by atoms with Gasteiger partial charge in [-0.3, -0.25) is 9.69 Å². The topological polar surface area (TPSA) is 61.8 Å². The van der Waals surface area contributed by atoms with Gasteiger partial charge in [0, 0.05) is 5.69 Å². The van der Waals surface area contributed by atoms with Gasteiger partial charge in [0.1, 0.15) is 5.75 Å². The molecule has 0 bridgehead atoms. The third-order valence-electron chi connectivity index (χ3n) is 3.66. The summed E-state index contributed by atoms with van der Waals surface area (Å²) in [6.45, 7) is 0.119. The Hall–Kier alpha value is -2.37. The number of methoxy groups -OCH3 is 1. The Morgan fingerprint density at radius 1 is 1.17 bits per heavy atom. The number of carbonyl (C=O) groups excluding carboxylic acids is 1. The quantitative estimate of drug-likeness (QED) is 0.823. The van der Waals surface area contributed by atoms with E-state index >= 15 is 0 Å². The number of likely N-dealkylation sites (N-methyl/N-ethyl adjacent to an activating group) is 1. The fourth-order valence-corrected chi connectivity index (χ4v) is 2.38. The fourth-order valence-electron chi connectivity index (χ4n) is 2.38. The first-order chi connectivity index (χ1) is 11.1. The van der Waals surface area contributed by atoms with E-state index in [9.17, 15) is 9.90 Å². The molecule has 0 fully saturated rings. The minimum absolute atomic E-state index is 0.0680. The van der Waals surface area contributed by atoms with Crippen LogP contribution in [0.1, 0.15) is 11.6 Å². The molecule has 5 heteroatoms. The van der Waals surface area contributed by atoms with Gasteiger partial charge in [0.2, 0.25) is 5.91 Å². The molecule has 1 amide bonds. The molecule has 0 spiro atoms. The number of amides is 1. The summed E-state index contributed by atoms with van der Waals surface area (Å²) in [6.07, 6.45) is 0. The number of nitrogens with zero attached hydrogens (tertiary/aromatic N) is 1. The van der Waals surface area contributed by atoms with Gasteiger partial charge in [-0.1, -0.05) is 30.3 Å². The third-order valence-corrected chi connectivity index (χ3v) is 3.66. The third kappa shape index (κ3) is 4.81. The lowest BCUT2D eigenvalue weighted by atomic mass is 10.1. The van der Waals surface area contributed by atoms with Crippen LogP contribution in [0.25, 0.3) is 0 Å². The molecule has 0 aromatic heterocycles. The summed E-state index contributed by atoms with van der Waals surface area (Å²) >= 11 is 0. The van der Waals surface area contributed by atoms with Gasteiger partial charge in [-0.05, 0) is 36.9 Å². The highest BCUT2D eigenvalue weighted by Crippen LogP contribution is 2.21. The van der Waals surface area contributed by atoms with Crippen molar-refractivity contribution in [2.45, 2.75) is 6.04 Å². The maximum atomic E-state index is 12.1. The van der Waals surface area contributed by atoms with Crippen molar-refractivity contribution >= 4 is 11.6 Å². The lowest BCUT2D eigenvalue weighted by molar-refractivity contribution is -0.117. The predicted molar refractivity (Wildman–Crippen MR) is 90.5 cm³/mol. The summed E-state index contributed by atoms with van der Waals surface area (Å²) in [4.78, 5) is 13.9. The van der Waals surface area contributed by atoms with E-state index in [0.717, 1.165) is 17.0 Å². The van der Waals surface area contributed by atoms with Crippen LogP contribution in [-0.4, -0.2) is 43.2 Å². The van der Waals surface area contributed by atoms with E-state index in [-0.39, 0.29) is 25.1 Å². The minimum atomic E-state index is -0.248. The van der Waals surface area contributed by atoms with Crippen LogP contribution in [0.2, 0.25) is 0 Å². The average Bonchev–Trinajstić information content (AvgIpc) is 2.57. The maximum absolute atomic E-state index is 12.1. The predicted octanol–water partition coefficient (Wildman–Crippen LogP) is 2.30. The lowest BCUT2D eigenvalue weighted by Gasteiger charge is -2.26. The SMILES string of the molecule is COc1ccc(C(CO)N(C)CC(=O)Nc2ccccc2)cc1. The number of hydrogen-bond acceptors (Lipinski definition) is 4. The second kappa shape index (κ2) is 8.31. The van der Waals surface area contributed by atoms with E-state index in [0.29, 0.717) is 0 Å². The van der Waals surface area contributed by atoms with E-state index < -0.39 is 0 Å². The number of benzene rings is 2. The molecule has 0 heterocycles. The highest BCUT2D eigenvalue weighted by Gasteiger charge is 2.18. The second-order valence-corrected chi connectivity index (χ2v) is 5.30. The zero-order valence-electron chi connectivity index (χ0n) is 13.4. The summed E-state index contributed by atoms with van der Waals surface area (Å²) in [7, 11) is 3.42. The molecule has 23 heavy (non-hydrogen) atoms. The number of hydrogen-bond donors (Lipinski definition) is 2. The number of nitrogens with one attached hydrogen (secondary N) is 1. The van der Waals surface area contributed by atoms with Crippen LogP contribution in [-0.2, 0) is 4.79 Å². The fraction of sp³-hybridized carbons (Fsp3) is 0.278. The minimum Gasteiger partial charge on any atom is -0.497 e. The van der Waals surface area contributed by atoms with Gasteiger partial charge >= 0.3 is 0 Å². The highest BCUT2D eigenvalue weighted by molar-refractivity contribution is 5.92. The molecule has 2 aromatic rings. The first-order valence-corrected chi connectivity index (χ1v) is 7.44. The van der Waals surface area contributed by atoms with Crippen LogP contribution in [0.4, 0.5) is 5.69 Å². The van der Waals surface area contributed by atoms with Crippen LogP contribution >= 0.6 is 0 Å². The molecule has 2 N–H and O–H groups in total. The molecule has 0 aliphatic heterocycles. The van der Waals surface area contributed by atoms with E-state index in [1.54, 1.807) is 7.11 Å². The summed E-state index contributed by atoms with van der Waals surface area (Å²) in [5, 5.41) is 12.5. The van der Waals surface area contributed by atoms with Gasteiger partial charge in [-0.25, -0.2) is 0 Å². The number of aliphatic hydroxyl groups is 1. The van der Waals surface area contributed by atoms with Gasteiger partial charge < -0.3 is 15.2 Å². The van der Waals surface area contributed by atoms with Gasteiger partial charge in [0.25, 0.3) is 0 Å². The molecule has 0 saturated heterocycles. The van der Waals surface area contributed by atoms with Crippen LogP contribution in [0.3, 0.4) is 0 Å². The molecule has 0 aliphatic carbocycles. The Morgan fingerprint density at radius 3 is 2.39 bits per heavy atom. The van der Waals surface area contributed by atoms with Crippen molar-refractivity contribution in [3.63, 3.8) is 0 Å². The molecule has 2 aromatic carbocycles. The number of para-hydroxylation sites is 1. The molecule has 1 atom stereocenters. The van der Waals surface area contributed by atoms with Crippen LogP contribution in [0.15, 0.2) is 54.6 Å². The first-order valence-electron chi connectivity index (χ1n) is 7.44. The van der Waals surface area contributed by atoms with Crippen LogP contribution in [0.5, 0.6) is 5.75 Å². The first kappa shape index (κ1) is 17.0. The summed E-state index contributed by atoms with van der Waals surface area (Å²) < 4.78 is 5.13. The zero-order chi connectivity index (χ0) is 16.7. The Bertz CT molecular complexity index is 614. The van der Waals surface area contributed by atoms with Gasteiger partial charge in [0.05, 0.1) is 26.3 Å². The standard InChI is InChI=1S/C18H22N2O3/c1-20(12-18(22)19-15-6-4-3-5-7-15)17(13-21)14-8-10-16(23-2)11-9-14/h3-11,17,21H,12-13H2,1-2H3,(H,19,22). The molecular formula is C18H22N2O3. The number of aliphatic hydroxyl groups excluding tert-OH is 1. The van der Waals surface area contributed by atoms with Crippen molar-refractivity contribution in [1.29, 1.82) is 0 Å². The Kier molecular flexibility index (Phi) is 6.14.